The number of rotatable bonds is 6. The highest BCUT2D eigenvalue weighted by Crippen LogP contribution is 2.24. The number of nitrogens with one attached hydrogen (secondary N) is 1. The van der Waals surface area contributed by atoms with E-state index in [1.165, 1.54) is 6.42 Å². The molecular formula is C22H28N4O3. The van der Waals surface area contributed by atoms with Crippen molar-refractivity contribution in [3.05, 3.63) is 47.5 Å². The Kier molecular flexibility index (Phi) is 5.94. The number of amides is 1. The van der Waals surface area contributed by atoms with Gasteiger partial charge in [-0.3, -0.25) is 4.79 Å². The van der Waals surface area contributed by atoms with Gasteiger partial charge in [-0.1, -0.05) is 0 Å². The Balaban J connectivity index is 1.37. The third-order valence-corrected chi connectivity index (χ3v) is 5.43. The number of hydrogen-bond acceptors (Lipinski definition) is 6. The molecule has 154 valence electrons. The second kappa shape index (κ2) is 8.78. The van der Waals surface area contributed by atoms with E-state index < -0.39 is 6.10 Å². The molecule has 2 aromatic rings. The first-order chi connectivity index (χ1) is 14.1. The largest absolute Gasteiger partial charge is 0.494 e. The maximum atomic E-state index is 12.9. The molecule has 1 amide bonds. The summed E-state index contributed by atoms with van der Waals surface area (Å²) in [5.41, 5.74) is 2.09. The standard InChI is InChI=1S/C22H28N4O3/c1-3-28-17-6-8-18(9-7-17)29-15(2)22(27)26-12-10-19-16(14-26)13-24-21(25-19)20-5-4-11-23-20/h6-9,13,15,20,23H,3-5,10-12,14H2,1-2H3. The highest BCUT2D eigenvalue weighted by Gasteiger charge is 2.28. The first-order valence-electron chi connectivity index (χ1n) is 10.4. The molecule has 2 aliphatic heterocycles. The number of hydrogen-bond donors (Lipinski definition) is 1. The molecule has 0 bridgehead atoms. The maximum Gasteiger partial charge on any atom is 0.263 e. The van der Waals surface area contributed by atoms with Crippen molar-refractivity contribution in [2.75, 3.05) is 19.7 Å². The minimum atomic E-state index is -0.558. The fourth-order valence-electron chi connectivity index (χ4n) is 3.89. The van der Waals surface area contributed by atoms with Crippen molar-refractivity contribution in [3.8, 4) is 11.5 Å². The molecule has 4 rings (SSSR count). The zero-order valence-corrected chi connectivity index (χ0v) is 17.1. The summed E-state index contributed by atoms with van der Waals surface area (Å²) in [7, 11) is 0. The maximum absolute atomic E-state index is 12.9. The average molecular weight is 396 g/mol. The lowest BCUT2D eigenvalue weighted by molar-refractivity contribution is -0.138. The summed E-state index contributed by atoms with van der Waals surface area (Å²) in [5.74, 6) is 2.31. The normalized spacial score (nSPS) is 19.5. The van der Waals surface area contributed by atoms with Crippen LogP contribution < -0.4 is 14.8 Å². The second-order valence-electron chi connectivity index (χ2n) is 7.52. The van der Waals surface area contributed by atoms with Crippen molar-refractivity contribution in [3.63, 3.8) is 0 Å². The van der Waals surface area contributed by atoms with E-state index in [2.05, 4.69) is 10.3 Å². The van der Waals surface area contributed by atoms with E-state index in [1.807, 2.05) is 42.3 Å². The Labute approximate surface area is 171 Å². The second-order valence-corrected chi connectivity index (χ2v) is 7.52. The van der Waals surface area contributed by atoms with Gasteiger partial charge in [0, 0.05) is 31.3 Å². The van der Waals surface area contributed by atoms with E-state index in [-0.39, 0.29) is 11.9 Å². The lowest BCUT2D eigenvalue weighted by atomic mass is 10.1. The van der Waals surface area contributed by atoms with Crippen LogP contribution in [0, 0.1) is 0 Å². The van der Waals surface area contributed by atoms with Crippen LogP contribution in [0.4, 0.5) is 0 Å². The molecular weight excluding hydrogens is 368 g/mol. The molecule has 0 spiro atoms. The predicted octanol–water partition coefficient (Wildman–Crippen LogP) is 2.65. The molecule has 0 aliphatic carbocycles. The van der Waals surface area contributed by atoms with Crippen molar-refractivity contribution in [1.29, 1.82) is 0 Å². The minimum Gasteiger partial charge on any atom is -0.494 e. The number of ether oxygens (including phenoxy) is 2. The number of carbonyl (C=O) groups is 1. The Bertz CT molecular complexity index is 850. The highest BCUT2D eigenvalue weighted by molar-refractivity contribution is 5.81. The monoisotopic (exact) mass is 396 g/mol. The number of benzene rings is 1. The lowest BCUT2D eigenvalue weighted by Crippen LogP contribution is -2.43. The van der Waals surface area contributed by atoms with E-state index in [9.17, 15) is 4.79 Å². The molecule has 1 fully saturated rings. The summed E-state index contributed by atoms with van der Waals surface area (Å²) in [6.45, 7) is 6.56. The first kappa shape index (κ1) is 19.6. The number of carbonyl (C=O) groups excluding carboxylic acids is 1. The summed E-state index contributed by atoms with van der Waals surface area (Å²) >= 11 is 0. The van der Waals surface area contributed by atoms with E-state index >= 15 is 0 Å². The Morgan fingerprint density at radius 1 is 1.31 bits per heavy atom. The Morgan fingerprint density at radius 2 is 2.10 bits per heavy atom. The van der Waals surface area contributed by atoms with Crippen LogP contribution in [0.25, 0.3) is 0 Å². The smallest absolute Gasteiger partial charge is 0.263 e. The molecule has 0 radical (unpaired) electrons. The molecule has 0 saturated carbocycles. The van der Waals surface area contributed by atoms with Crippen LogP contribution in [-0.4, -0.2) is 46.6 Å². The van der Waals surface area contributed by atoms with Crippen LogP contribution >= 0.6 is 0 Å². The highest BCUT2D eigenvalue weighted by atomic mass is 16.5. The molecule has 1 aromatic carbocycles. The van der Waals surface area contributed by atoms with Crippen molar-refractivity contribution in [2.24, 2.45) is 0 Å². The molecule has 29 heavy (non-hydrogen) atoms. The van der Waals surface area contributed by atoms with Crippen LogP contribution in [0.5, 0.6) is 11.5 Å². The van der Waals surface area contributed by atoms with Gasteiger partial charge in [0.15, 0.2) is 6.10 Å². The summed E-state index contributed by atoms with van der Waals surface area (Å²) in [4.78, 5) is 24.0. The van der Waals surface area contributed by atoms with Gasteiger partial charge >= 0.3 is 0 Å². The van der Waals surface area contributed by atoms with Crippen LogP contribution in [0.2, 0.25) is 0 Å². The van der Waals surface area contributed by atoms with E-state index in [0.717, 1.165) is 42.2 Å². The third-order valence-electron chi connectivity index (χ3n) is 5.43. The van der Waals surface area contributed by atoms with E-state index in [0.29, 0.717) is 25.4 Å². The Morgan fingerprint density at radius 3 is 2.83 bits per heavy atom. The molecule has 7 heteroatoms. The summed E-state index contributed by atoms with van der Waals surface area (Å²) in [6, 6.07) is 7.62. The Hall–Kier alpha value is -2.67. The van der Waals surface area contributed by atoms with Gasteiger partial charge in [-0.2, -0.15) is 0 Å². The molecule has 2 unspecified atom stereocenters. The predicted molar refractivity (Wildman–Crippen MR) is 109 cm³/mol. The number of nitrogens with zero attached hydrogens (tertiary/aromatic N) is 3. The lowest BCUT2D eigenvalue weighted by Gasteiger charge is -2.30. The van der Waals surface area contributed by atoms with Crippen molar-refractivity contribution >= 4 is 5.91 Å². The van der Waals surface area contributed by atoms with Gasteiger partial charge in [-0.25, -0.2) is 9.97 Å². The molecule has 1 saturated heterocycles. The van der Waals surface area contributed by atoms with Gasteiger partial charge in [0.05, 0.1) is 18.3 Å². The zero-order chi connectivity index (χ0) is 20.2. The third kappa shape index (κ3) is 4.50. The van der Waals surface area contributed by atoms with Gasteiger partial charge in [-0.15, -0.1) is 0 Å². The van der Waals surface area contributed by atoms with Gasteiger partial charge in [-0.05, 0) is 57.5 Å². The van der Waals surface area contributed by atoms with Crippen molar-refractivity contribution in [2.45, 2.75) is 51.8 Å². The molecule has 2 aliphatic rings. The SMILES string of the molecule is CCOc1ccc(OC(C)C(=O)N2CCc3nc(C4CCCN4)ncc3C2)cc1. The fraction of sp³-hybridized carbons (Fsp3) is 0.500. The quantitative estimate of drug-likeness (QED) is 0.809. The fourth-order valence-corrected chi connectivity index (χ4v) is 3.89. The van der Waals surface area contributed by atoms with Gasteiger partial charge < -0.3 is 19.7 Å². The van der Waals surface area contributed by atoms with E-state index in [1.54, 1.807) is 6.92 Å². The molecule has 7 nitrogen and oxygen atoms in total. The van der Waals surface area contributed by atoms with Gasteiger partial charge in [0.25, 0.3) is 5.91 Å². The zero-order valence-electron chi connectivity index (χ0n) is 17.1. The van der Waals surface area contributed by atoms with Gasteiger partial charge in [0.1, 0.15) is 17.3 Å². The molecule has 1 aromatic heterocycles. The van der Waals surface area contributed by atoms with Crippen LogP contribution in [0.15, 0.2) is 30.5 Å². The van der Waals surface area contributed by atoms with Crippen LogP contribution in [0.1, 0.15) is 49.8 Å². The molecule has 3 heterocycles. The first-order valence-corrected chi connectivity index (χ1v) is 10.4. The van der Waals surface area contributed by atoms with Crippen molar-refractivity contribution in [1.82, 2.24) is 20.2 Å². The van der Waals surface area contributed by atoms with Gasteiger partial charge in [0.2, 0.25) is 0 Å². The van der Waals surface area contributed by atoms with Crippen molar-refractivity contribution < 1.29 is 14.3 Å². The topological polar surface area (TPSA) is 76.6 Å². The van der Waals surface area contributed by atoms with Crippen LogP contribution in [0.3, 0.4) is 0 Å². The summed E-state index contributed by atoms with van der Waals surface area (Å²) < 4.78 is 11.3. The number of fused-ring (bicyclic) bond motifs is 1. The van der Waals surface area contributed by atoms with E-state index in [4.69, 9.17) is 14.5 Å². The molecule has 2 atom stereocenters. The van der Waals surface area contributed by atoms with Crippen LogP contribution in [-0.2, 0) is 17.8 Å². The number of aromatic nitrogens is 2. The average Bonchev–Trinajstić information content (AvgIpc) is 3.29. The molecule has 1 N–H and O–H groups in total. The minimum absolute atomic E-state index is 0.0222. The summed E-state index contributed by atoms with van der Waals surface area (Å²) in [5, 5.41) is 3.44. The summed E-state index contributed by atoms with van der Waals surface area (Å²) in [6.07, 6.45) is 4.33.